The van der Waals surface area contributed by atoms with E-state index in [0.717, 1.165) is 5.92 Å². The number of fused-ring (bicyclic) bond motifs is 1. The minimum atomic E-state index is 0. The molecule has 2 aromatic rings. The summed E-state index contributed by atoms with van der Waals surface area (Å²) in [6, 6.07) is 16.1. The van der Waals surface area contributed by atoms with Gasteiger partial charge in [-0.05, 0) is 52.5 Å². The van der Waals surface area contributed by atoms with Crippen LogP contribution in [0.1, 0.15) is 68.6 Å². The first kappa shape index (κ1) is 18.8. The molecule has 1 heteroatoms. The van der Waals surface area contributed by atoms with Gasteiger partial charge < -0.3 is 0 Å². The van der Waals surface area contributed by atoms with Gasteiger partial charge in [0.05, 0.1) is 0 Å². The van der Waals surface area contributed by atoms with Crippen molar-refractivity contribution in [2.24, 2.45) is 5.92 Å². The zero-order valence-corrected chi connectivity index (χ0v) is 17.8. The van der Waals surface area contributed by atoms with Crippen LogP contribution in [-0.4, -0.2) is 0 Å². The Labute approximate surface area is 171 Å². The van der Waals surface area contributed by atoms with Crippen LogP contribution in [0.3, 0.4) is 0 Å². The van der Waals surface area contributed by atoms with Gasteiger partial charge >= 0.3 is 0 Å². The average Bonchev–Trinajstić information content (AvgIpc) is 3.07. The number of benzene rings is 2. The van der Waals surface area contributed by atoms with Crippen LogP contribution in [0, 0.1) is 12.3 Å². The van der Waals surface area contributed by atoms with Gasteiger partial charge in [-0.15, -0.1) is 0 Å². The van der Waals surface area contributed by atoms with Crippen molar-refractivity contribution in [3.63, 3.8) is 0 Å². The normalized spacial score (nSPS) is 17.2. The Morgan fingerprint density at radius 1 is 0.880 bits per heavy atom. The molecule has 1 radical (unpaired) electrons. The molecule has 1 saturated carbocycles. The van der Waals surface area contributed by atoms with E-state index in [4.69, 9.17) is 0 Å². The summed E-state index contributed by atoms with van der Waals surface area (Å²) in [5.41, 5.74) is 8.46. The van der Waals surface area contributed by atoms with E-state index < -0.39 is 0 Å². The molecule has 2 aromatic carbocycles. The quantitative estimate of drug-likeness (QED) is 0.514. The zero-order valence-electron chi connectivity index (χ0n) is 15.4. The van der Waals surface area contributed by atoms with E-state index in [1.807, 2.05) is 0 Å². The molecule has 0 amide bonds. The van der Waals surface area contributed by atoms with Crippen LogP contribution in [0.25, 0.3) is 17.2 Å². The van der Waals surface area contributed by atoms with Crippen LogP contribution in [0.15, 0.2) is 48.0 Å². The van der Waals surface area contributed by atoms with Crippen LogP contribution in [0.5, 0.6) is 0 Å². The van der Waals surface area contributed by atoms with E-state index in [0.29, 0.717) is 5.92 Å². The maximum Gasteiger partial charge on any atom is 0.0167 e. The molecule has 25 heavy (non-hydrogen) atoms. The van der Waals surface area contributed by atoms with Gasteiger partial charge in [-0.25, -0.2) is 0 Å². The van der Waals surface area contributed by atoms with E-state index >= 15 is 0 Å². The van der Waals surface area contributed by atoms with Crippen molar-refractivity contribution in [3.05, 3.63) is 71.1 Å². The Morgan fingerprint density at radius 2 is 1.60 bits per heavy atom. The minimum absolute atomic E-state index is 0. The first-order valence-corrected chi connectivity index (χ1v) is 9.52. The van der Waals surface area contributed by atoms with Crippen LogP contribution in [0.2, 0.25) is 0 Å². The third kappa shape index (κ3) is 3.92. The van der Waals surface area contributed by atoms with E-state index in [9.17, 15) is 0 Å². The Hall–Kier alpha value is -0.937. The SMILES string of the molecule is CC(C)C1=Cc2c(cccc2-c2ccc(C3CCCCC3)cc2)[CH]1.[Zr]. The molecular weight excluding hydrogens is 379 g/mol. The Balaban J connectivity index is 0.00000182. The van der Waals surface area contributed by atoms with E-state index in [1.165, 1.54) is 65.5 Å². The standard InChI is InChI=1S/C24H27.Zr/c1-17(2)22-15-21-9-6-10-23(24(21)16-22)20-13-11-19(12-14-20)18-7-4-3-5-8-18;/h6,9-18H,3-5,7-8H2,1-2H3;. The number of hydrogen-bond acceptors (Lipinski definition) is 0. The molecule has 1 fully saturated rings. The van der Waals surface area contributed by atoms with Crippen molar-refractivity contribution in [2.45, 2.75) is 51.9 Å². The van der Waals surface area contributed by atoms with Crippen molar-refractivity contribution in [1.29, 1.82) is 0 Å². The van der Waals surface area contributed by atoms with Crippen molar-refractivity contribution in [1.82, 2.24) is 0 Å². The van der Waals surface area contributed by atoms with Crippen molar-refractivity contribution in [3.8, 4) is 11.1 Å². The summed E-state index contributed by atoms with van der Waals surface area (Å²) in [5.74, 6) is 1.37. The van der Waals surface area contributed by atoms with Gasteiger partial charge in [0.25, 0.3) is 0 Å². The number of rotatable bonds is 3. The maximum atomic E-state index is 2.38. The fourth-order valence-electron chi connectivity index (χ4n) is 4.21. The van der Waals surface area contributed by atoms with Gasteiger partial charge in [0, 0.05) is 32.6 Å². The molecule has 0 saturated heterocycles. The van der Waals surface area contributed by atoms with Gasteiger partial charge in [-0.1, -0.05) is 87.2 Å². The third-order valence-corrected chi connectivity index (χ3v) is 5.74. The summed E-state index contributed by atoms with van der Waals surface area (Å²) >= 11 is 0. The van der Waals surface area contributed by atoms with Gasteiger partial charge in [0.15, 0.2) is 0 Å². The van der Waals surface area contributed by atoms with Crippen molar-refractivity contribution < 1.29 is 26.2 Å². The second-order valence-corrected chi connectivity index (χ2v) is 7.71. The average molecular weight is 407 g/mol. The summed E-state index contributed by atoms with van der Waals surface area (Å²) in [4.78, 5) is 0. The summed E-state index contributed by atoms with van der Waals surface area (Å²) in [5, 5.41) is 0. The maximum absolute atomic E-state index is 2.38. The Kier molecular flexibility index (Phi) is 6.16. The molecule has 2 aliphatic carbocycles. The second kappa shape index (κ2) is 8.17. The molecule has 0 nitrogen and oxygen atoms in total. The molecule has 0 heterocycles. The smallest absolute Gasteiger partial charge is 0.0167 e. The van der Waals surface area contributed by atoms with Gasteiger partial charge in [0.1, 0.15) is 0 Å². The monoisotopic (exact) mass is 405 g/mol. The molecule has 0 aliphatic heterocycles. The summed E-state index contributed by atoms with van der Waals surface area (Å²) in [7, 11) is 0. The number of allylic oxidation sites excluding steroid dienone is 1. The van der Waals surface area contributed by atoms with Gasteiger partial charge in [0.2, 0.25) is 0 Å². The number of hydrogen-bond donors (Lipinski definition) is 0. The molecule has 0 unspecified atom stereocenters. The predicted molar refractivity (Wildman–Crippen MR) is 104 cm³/mol. The molecule has 0 atom stereocenters. The van der Waals surface area contributed by atoms with Crippen molar-refractivity contribution >= 4 is 6.08 Å². The molecular formula is C24H27Zr. The fourth-order valence-corrected chi connectivity index (χ4v) is 4.21. The van der Waals surface area contributed by atoms with E-state index in [-0.39, 0.29) is 26.2 Å². The Morgan fingerprint density at radius 3 is 2.28 bits per heavy atom. The van der Waals surface area contributed by atoms with Gasteiger partial charge in [-0.3, -0.25) is 0 Å². The second-order valence-electron chi connectivity index (χ2n) is 7.71. The molecule has 2 aliphatic rings. The summed E-state index contributed by atoms with van der Waals surface area (Å²) < 4.78 is 0. The first-order chi connectivity index (χ1) is 11.7. The van der Waals surface area contributed by atoms with Crippen LogP contribution in [-0.2, 0) is 26.2 Å². The molecule has 4 rings (SSSR count). The first-order valence-electron chi connectivity index (χ1n) is 9.52. The summed E-state index contributed by atoms with van der Waals surface area (Å²) in [6.07, 6.45) is 11.7. The fraction of sp³-hybridized carbons (Fsp3) is 0.375. The molecule has 0 N–H and O–H groups in total. The van der Waals surface area contributed by atoms with Crippen molar-refractivity contribution in [2.75, 3.05) is 0 Å². The molecule has 0 spiro atoms. The third-order valence-electron chi connectivity index (χ3n) is 5.74. The summed E-state index contributed by atoms with van der Waals surface area (Å²) in [6.45, 7) is 4.54. The van der Waals surface area contributed by atoms with Gasteiger partial charge in [-0.2, -0.15) is 0 Å². The minimum Gasteiger partial charge on any atom is -0.0613 e. The van der Waals surface area contributed by atoms with Crippen LogP contribution >= 0.6 is 0 Å². The van der Waals surface area contributed by atoms with E-state index in [1.54, 1.807) is 0 Å². The predicted octanol–water partition coefficient (Wildman–Crippen LogP) is 7.00. The molecule has 0 aromatic heterocycles. The molecule has 127 valence electrons. The molecule has 0 bridgehead atoms. The topological polar surface area (TPSA) is 0 Å². The van der Waals surface area contributed by atoms with Crippen LogP contribution in [0.4, 0.5) is 0 Å². The van der Waals surface area contributed by atoms with E-state index in [2.05, 4.69) is 68.8 Å². The largest absolute Gasteiger partial charge is 0.0613 e. The Bertz CT molecular complexity index is 746. The van der Waals surface area contributed by atoms with Crippen LogP contribution < -0.4 is 0 Å². The zero-order chi connectivity index (χ0) is 16.5.